The van der Waals surface area contributed by atoms with Gasteiger partial charge in [-0.25, -0.2) is 0 Å². The molecule has 0 aromatic carbocycles. The van der Waals surface area contributed by atoms with Gasteiger partial charge in [-0.05, 0) is 12.8 Å². The molecule has 2 atom stereocenters. The van der Waals surface area contributed by atoms with Crippen molar-refractivity contribution in [1.29, 1.82) is 0 Å². The van der Waals surface area contributed by atoms with E-state index in [2.05, 4.69) is 12.2 Å². The molecule has 14 heavy (non-hydrogen) atoms. The number of amides is 1. The second kappa shape index (κ2) is 6.40. The van der Waals surface area contributed by atoms with E-state index in [9.17, 15) is 9.59 Å². The Hall–Kier alpha value is -1.06. The number of aliphatic carboxylic acids is 1. The number of rotatable bonds is 6. The molecular formula is C10H19NO3. The van der Waals surface area contributed by atoms with Gasteiger partial charge < -0.3 is 10.4 Å². The maximum absolute atomic E-state index is 11.3. The highest BCUT2D eigenvalue weighted by Crippen LogP contribution is 2.09. The molecule has 2 N–H and O–H groups in total. The van der Waals surface area contributed by atoms with E-state index in [4.69, 9.17) is 5.11 Å². The van der Waals surface area contributed by atoms with Crippen molar-refractivity contribution in [3.63, 3.8) is 0 Å². The maximum Gasteiger partial charge on any atom is 0.325 e. The summed E-state index contributed by atoms with van der Waals surface area (Å²) >= 11 is 0. The average molecular weight is 201 g/mol. The molecule has 0 aromatic rings. The smallest absolute Gasteiger partial charge is 0.325 e. The minimum absolute atomic E-state index is 0.180. The third kappa shape index (κ3) is 5.56. The van der Waals surface area contributed by atoms with Gasteiger partial charge in [-0.1, -0.05) is 26.7 Å². The second-order valence-corrected chi connectivity index (χ2v) is 3.73. The maximum atomic E-state index is 11.3. The zero-order chi connectivity index (χ0) is 11.1. The topological polar surface area (TPSA) is 66.4 Å². The van der Waals surface area contributed by atoms with Gasteiger partial charge in [0.25, 0.3) is 0 Å². The van der Waals surface area contributed by atoms with Crippen LogP contribution in [-0.2, 0) is 9.59 Å². The van der Waals surface area contributed by atoms with E-state index in [-0.39, 0.29) is 5.91 Å². The normalized spacial score (nSPS) is 14.5. The van der Waals surface area contributed by atoms with Crippen LogP contribution < -0.4 is 5.32 Å². The minimum atomic E-state index is -0.999. The van der Waals surface area contributed by atoms with Gasteiger partial charge >= 0.3 is 5.97 Å². The van der Waals surface area contributed by atoms with E-state index in [1.807, 2.05) is 6.92 Å². The highest BCUT2D eigenvalue weighted by Gasteiger charge is 2.15. The molecule has 0 aliphatic carbocycles. The highest BCUT2D eigenvalue weighted by molar-refractivity contribution is 5.83. The van der Waals surface area contributed by atoms with Gasteiger partial charge in [0.1, 0.15) is 6.04 Å². The predicted molar refractivity (Wildman–Crippen MR) is 53.9 cm³/mol. The molecule has 0 heterocycles. The van der Waals surface area contributed by atoms with Gasteiger partial charge in [0.05, 0.1) is 0 Å². The molecule has 0 saturated heterocycles. The van der Waals surface area contributed by atoms with E-state index in [1.54, 1.807) is 0 Å². The largest absolute Gasteiger partial charge is 0.480 e. The third-order valence-corrected chi connectivity index (χ3v) is 2.06. The molecule has 4 heteroatoms. The number of carboxylic acid groups (broad SMARTS) is 1. The fourth-order valence-corrected chi connectivity index (χ4v) is 1.27. The molecule has 1 amide bonds. The second-order valence-electron chi connectivity index (χ2n) is 3.73. The lowest BCUT2D eigenvalue weighted by molar-refractivity contribution is -0.141. The number of hydrogen-bond acceptors (Lipinski definition) is 2. The Balaban J connectivity index is 3.80. The van der Waals surface area contributed by atoms with Crippen LogP contribution in [0, 0.1) is 5.92 Å². The number of hydrogen-bond donors (Lipinski definition) is 2. The van der Waals surface area contributed by atoms with Gasteiger partial charge in [-0.15, -0.1) is 0 Å². The fraction of sp³-hybridized carbons (Fsp3) is 0.800. The van der Waals surface area contributed by atoms with Gasteiger partial charge in [0.2, 0.25) is 5.91 Å². The fourth-order valence-electron chi connectivity index (χ4n) is 1.27. The lowest BCUT2D eigenvalue weighted by Crippen LogP contribution is -2.38. The molecule has 0 rings (SSSR count). The number of carbonyl (C=O) groups is 2. The zero-order valence-corrected chi connectivity index (χ0v) is 9.04. The van der Waals surface area contributed by atoms with Crippen molar-refractivity contribution in [1.82, 2.24) is 5.32 Å². The minimum Gasteiger partial charge on any atom is -0.480 e. The molecule has 82 valence electrons. The standard InChI is InChI=1S/C10H19NO3/c1-4-5-7(2)6-9(12)11-8(3)10(13)14/h7-8H,4-6H2,1-3H3,(H,11,12)(H,13,14). The monoisotopic (exact) mass is 201 g/mol. The van der Waals surface area contributed by atoms with E-state index in [1.165, 1.54) is 6.92 Å². The molecule has 2 unspecified atom stereocenters. The molecule has 0 saturated carbocycles. The molecule has 4 nitrogen and oxygen atoms in total. The molecule has 0 bridgehead atoms. The average Bonchev–Trinajstić information content (AvgIpc) is 2.03. The van der Waals surface area contributed by atoms with Crippen LogP contribution >= 0.6 is 0 Å². The molecule has 0 aromatic heterocycles. The summed E-state index contributed by atoms with van der Waals surface area (Å²) < 4.78 is 0. The Bertz CT molecular complexity index is 204. The van der Waals surface area contributed by atoms with Crippen molar-refractivity contribution in [2.24, 2.45) is 5.92 Å². The van der Waals surface area contributed by atoms with Crippen molar-refractivity contribution < 1.29 is 14.7 Å². The SMILES string of the molecule is CCCC(C)CC(=O)NC(C)C(=O)O. The summed E-state index contributed by atoms with van der Waals surface area (Å²) in [7, 11) is 0. The molecular weight excluding hydrogens is 182 g/mol. The Labute approximate surface area is 84.7 Å². The van der Waals surface area contributed by atoms with E-state index < -0.39 is 12.0 Å². The van der Waals surface area contributed by atoms with E-state index in [0.29, 0.717) is 12.3 Å². The molecule has 0 radical (unpaired) electrons. The Kier molecular flexibility index (Phi) is 5.92. The van der Waals surface area contributed by atoms with Crippen LogP contribution in [0.15, 0.2) is 0 Å². The van der Waals surface area contributed by atoms with E-state index >= 15 is 0 Å². The zero-order valence-electron chi connectivity index (χ0n) is 9.04. The van der Waals surface area contributed by atoms with Gasteiger partial charge in [0.15, 0.2) is 0 Å². The lowest BCUT2D eigenvalue weighted by atomic mass is 10.0. The van der Waals surface area contributed by atoms with Crippen molar-refractivity contribution >= 4 is 11.9 Å². The summed E-state index contributed by atoms with van der Waals surface area (Å²) in [5, 5.41) is 11.0. The van der Waals surface area contributed by atoms with Crippen LogP contribution in [0.5, 0.6) is 0 Å². The third-order valence-electron chi connectivity index (χ3n) is 2.06. The number of carbonyl (C=O) groups excluding carboxylic acids is 1. The van der Waals surface area contributed by atoms with Gasteiger partial charge in [-0.2, -0.15) is 0 Å². The molecule has 0 aliphatic rings. The van der Waals surface area contributed by atoms with Crippen molar-refractivity contribution in [2.75, 3.05) is 0 Å². The summed E-state index contributed by atoms with van der Waals surface area (Å²) in [4.78, 5) is 21.7. The van der Waals surface area contributed by atoms with Crippen molar-refractivity contribution in [3.05, 3.63) is 0 Å². The van der Waals surface area contributed by atoms with Gasteiger partial charge in [0, 0.05) is 6.42 Å². The summed E-state index contributed by atoms with van der Waals surface area (Å²) in [5.41, 5.74) is 0. The first-order valence-corrected chi connectivity index (χ1v) is 4.99. The Morgan fingerprint density at radius 3 is 2.36 bits per heavy atom. The summed E-state index contributed by atoms with van der Waals surface area (Å²) in [6, 6.07) is -0.795. The summed E-state index contributed by atoms with van der Waals surface area (Å²) in [5.74, 6) is -0.858. The first-order chi connectivity index (χ1) is 6.47. The van der Waals surface area contributed by atoms with Crippen molar-refractivity contribution in [2.45, 2.75) is 46.1 Å². The first-order valence-electron chi connectivity index (χ1n) is 4.99. The predicted octanol–water partition coefficient (Wildman–Crippen LogP) is 1.40. The first kappa shape index (κ1) is 12.9. The molecule has 0 spiro atoms. The van der Waals surface area contributed by atoms with Gasteiger partial charge in [-0.3, -0.25) is 9.59 Å². The quantitative estimate of drug-likeness (QED) is 0.682. The molecule has 0 aliphatic heterocycles. The van der Waals surface area contributed by atoms with Crippen LogP contribution in [-0.4, -0.2) is 23.0 Å². The van der Waals surface area contributed by atoms with Crippen LogP contribution in [0.3, 0.4) is 0 Å². The Morgan fingerprint density at radius 2 is 1.93 bits per heavy atom. The number of nitrogens with one attached hydrogen (secondary N) is 1. The Morgan fingerprint density at radius 1 is 1.36 bits per heavy atom. The summed E-state index contributed by atoms with van der Waals surface area (Å²) in [6.07, 6.45) is 2.45. The van der Waals surface area contributed by atoms with Crippen LogP contribution in [0.4, 0.5) is 0 Å². The van der Waals surface area contributed by atoms with Crippen LogP contribution in [0.2, 0.25) is 0 Å². The highest BCUT2D eigenvalue weighted by atomic mass is 16.4. The lowest BCUT2D eigenvalue weighted by Gasteiger charge is -2.12. The summed E-state index contributed by atoms with van der Waals surface area (Å²) in [6.45, 7) is 5.52. The number of carboxylic acids is 1. The van der Waals surface area contributed by atoms with Crippen LogP contribution in [0.25, 0.3) is 0 Å². The molecule has 0 fully saturated rings. The van der Waals surface area contributed by atoms with E-state index in [0.717, 1.165) is 12.8 Å². The van der Waals surface area contributed by atoms with Crippen LogP contribution in [0.1, 0.15) is 40.0 Å². The van der Waals surface area contributed by atoms with Crippen molar-refractivity contribution in [3.8, 4) is 0 Å².